The van der Waals surface area contributed by atoms with Gasteiger partial charge in [0.25, 0.3) is 47.3 Å². The molecule has 0 spiro atoms. The topological polar surface area (TPSA) is 351 Å². The van der Waals surface area contributed by atoms with Gasteiger partial charge >= 0.3 is 6.09 Å². The summed E-state index contributed by atoms with van der Waals surface area (Å²) in [5.41, 5.74) is 5.24. The first-order valence-corrected chi connectivity index (χ1v) is 46.5. The van der Waals surface area contributed by atoms with Gasteiger partial charge < -0.3 is 90.5 Å². The van der Waals surface area contributed by atoms with Gasteiger partial charge in [0.05, 0.1) is 44.5 Å². The third kappa shape index (κ3) is 29.3. The first-order valence-electron chi connectivity index (χ1n) is 46.5. The second kappa shape index (κ2) is 50.5. The minimum absolute atomic E-state index is 0.00252. The van der Waals surface area contributed by atoms with Crippen molar-refractivity contribution in [2.75, 3.05) is 91.6 Å². The van der Waals surface area contributed by atoms with E-state index in [-0.39, 0.29) is 241 Å². The number of hydrogen-bond acceptors (Lipinski definition) is 20. The minimum atomic E-state index is -1.01. The van der Waals surface area contributed by atoms with Crippen molar-refractivity contribution in [2.24, 2.45) is 0 Å². The fourth-order valence-corrected chi connectivity index (χ4v) is 15.5. The van der Waals surface area contributed by atoms with Gasteiger partial charge in [0.1, 0.15) is 58.5 Å². The van der Waals surface area contributed by atoms with Gasteiger partial charge in [0.15, 0.2) is 46.0 Å². The van der Waals surface area contributed by atoms with E-state index in [0.29, 0.717) is 12.0 Å². The van der Waals surface area contributed by atoms with Gasteiger partial charge in [-0.3, -0.25) is 48.2 Å². The molecule has 12 aromatic carbocycles. The Morgan fingerprint density at radius 3 is 0.777 bits per heavy atom. The van der Waals surface area contributed by atoms with Crippen LogP contribution in [0.15, 0.2) is 291 Å². The van der Waals surface area contributed by atoms with Crippen molar-refractivity contribution in [1.82, 2.24) is 57.7 Å². The minimum Gasteiger partial charge on any atom is -0.484 e. The van der Waals surface area contributed by atoms with Crippen molar-refractivity contribution >= 4 is 53.4 Å². The highest BCUT2D eigenvalue weighted by molar-refractivity contribution is 6.06. The zero-order chi connectivity index (χ0) is 96.9. The zero-order valence-corrected chi connectivity index (χ0v) is 78.0. The average Bonchev–Trinajstić information content (AvgIpc) is 0.800. The van der Waals surface area contributed by atoms with Gasteiger partial charge in [-0.25, -0.2) is 4.79 Å². The molecule has 3 heterocycles. The Morgan fingerprint density at radius 1 is 0.288 bits per heavy atom. The van der Waals surface area contributed by atoms with E-state index < -0.39 is 65.0 Å². The number of nitrogens with one attached hydrogen (secondary N) is 9. The van der Waals surface area contributed by atoms with Crippen LogP contribution in [0, 0.1) is 0 Å². The summed E-state index contributed by atoms with van der Waals surface area (Å²) in [7, 11) is 0. The number of amides is 9. The summed E-state index contributed by atoms with van der Waals surface area (Å²) in [4.78, 5) is 140. The van der Waals surface area contributed by atoms with Crippen molar-refractivity contribution in [2.45, 2.75) is 98.1 Å². The number of fused-ring (bicyclic) bond motifs is 18. The van der Waals surface area contributed by atoms with Crippen molar-refractivity contribution in [3.8, 4) is 46.0 Å². The highest BCUT2D eigenvalue weighted by Gasteiger charge is 2.33. The van der Waals surface area contributed by atoms with E-state index in [1.807, 2.05) is 252 Å². The van der Waals surface area contributed by atoms with E-state index in [9.17, 15) is 9.59 Å². The van der Waals surface area contributed by atoms with Crippen molar-refractivity contribution in [3.63, 3.8) is 0 Å². The molecule has 0 aromatic heterocycles. The summed E-state index contributed by atoms with van der Waals surface area (Å²) < 4.78 is 59.2. The van der Waals surface area contributed by atoms with Crippen LogP contribution in [0.5, 0.6) is 46.0 Å². The van der Waals surface area contributed by atoms with Gasteiger partial charge in [0, 0.05) is 97.7 Å². The van der Waals surface area contributed by atoms with Gasteiger partial charge in [-0.05, 0) is 127 Å². The molecule has 8 bridgehead atoms. The largest absolute Gasteiger partial charge is 0.484 e. The number of rotatable bonds is 33. The molecule has 139 heavy (non-hydrogen) atoms. The van der Waals surface area contributed by atoms with Gasteiger partial charge in [0.2, 0.25) is 0 Å². The smallest absolute Gasteiger partial charge is 0.407 e. The molecule has 15 rings (SSSR count). The molecule has 0 aliphatic carbocycles. The molecule has 3 aliphatic rings. The number of benzene rings is 12. The SMILES string of the molecule is CC(C)(C)OC(=O)NCCCNC(=O)c1ccc(C(=O)NCC[C@H]2CN3CCNC(=O)c4ccc(c(OCc5ccccc5)c4OCc4ccccc4)C(=O)NCCN(CCNC(=O)c4ccc(c(OCc5ccccc5)c4OCc4ccccc4)C(=O)NCC3)CCNC(=O)c3ccc(c(OCc4ccccc4)c3OCc3ccccc3)C(=O)N2)c(OCc2ccccc2)c1OCc1ccccc1. The molecule has 12 aromatic rings. The highest BCUT2D eigenvalue weighted by Crippen LogP contribution is 2.42. The highest BCUT2D eigenvalue weighted by atomic mass is 16.6. The molecule has 0 saturated carbocycles. The summed E-state index contributed by atoms with van der Waals surface area (Å²) in [6, 6.07) is 85.2. The first kappa shape index (κ1) is 99.0. The lowest BCUT2D eigenvalue weighted by Crippen LogP contribution is -2.49. The Morgan fingerprint density at radius 2 is 0.518 bits per heavy atom. The molecule has 9 N–H and O–H groups in total. The maximum atomic E-state index is 16.3. The van der Waals surface area contributed by atoms with Crippen LogP contribution in [0.1, 0.15) is 161 Å². The van der Waals surface area contributed by atoms with Crippen LogP contribution in [0.4, 0.5) is 4.79 Å². The zero-order valence-electron chi connectivity index (χ0n) is 78.0. The lowest BCUT2D eigenvalue weighted by Gasteiger charge is -2.29. The monoisotopic (exact) mass is 1880 g/mol. The Balaban J connectivity index is 0.884. The van der Waals surface area contributed by atoms with Gasteiger partial charge in [-0.2, -0.15) is 0 Å². The Kier molecular flexibility index (Phi) is 36.0. The molecule has 9 amide bonds. The molecule has 0 unspecified atom stereocenters. The number of hydrogen-bond donors (Lipinski definition) is 9. The Bertz CT molecular complexity index is 5950. The molecule has 29 heteroatoms. The molecule has 0 saturated heterocycles. The molecule has 0 radical (unpaired) electrons. The number of nitrogens with zero attached hydrogens (tertiary/aromatic N) is 2. The number of alkyl carbamates (subject to hydrolysis) is 1. The Hall–Kier alpha value is -16.0. The van der Waals surface area contributed by atoms with E-state index in [1.165, 1.54) is 48.5 Å². The van der Waals surface area contributed by atoms with Gasteiger partial charge in [-0.1, -0.05) is 243 Å². The molecule has 0 fully saturated rings. The second-order valence-corrected chi connectivity index (χ2v) is 34.1. The van der Waals surface area contributed by atoms with Crippen LogP contribution in [0.3, 0.4) is 0 Å². The first-order chi connectivity index (χ1) is 67.8. The van der Waals surface area contributed by atoms with Crippen LogP contribution in [-0.2, 0) is 57.6 Å². The molecular weight excluding hydrogens is 1760 g/mol. The number of ether oxygens (including phenoxy) is 9. The van der Waals surface area contributed by atoms with E-state index in [0.717, 1.165) is 38.9 Å². The van der Waals surface area contributed by atoms with E-state index in [1.54, 1.807) is 20.8 Å². The fourth-order valence-electron chi connectivity index (χ4n) is 15.5. The number of carbonyl (C=O) groups excluding carboxylic acids is 9. The molecule has 3 aliphatic heterocycles. The summed E-state index contributed by atoms with van der Waals surface area (Å²) >= 11 is 0. The third-order valence-electron chi connectivity index (χ3n) is 22.7. The van der Waals surface area contributed by atoms with Gasteiger partial charge in [-0.15, -0.1) is 0 Å². The average molecular weight is 1880 g/mol. The molecule has 1 atom stereocenters. The van der Waals surface area contributed by atoms with Crippen LogP contribution in [-0.4, -0.2) is 166 Å². The Labute approximate surface area is 808 Å². The lowest BCUT2D eigenvalue weighted by molar-refractivity contribution is 0.0526. The lowest BCUT2D eigenvalue weighted by atomic mass is 10.0. The van der Waals surface area contributed by atoms with Crippen LogP contribution in [0.25, 0.3) is 0 Å². The molecule has 718 valence electrons. The standard InChI is InChI=1S/C110H115N11O18/c1-110(2,3)139-109(130)118-55-28-54-111-101(122)85-45-46-86(94(132-69-77-31-14-5-15-32-77)93(85)131-68-76-29-12-4-13-30-76)102(123)112-56-53-84-67-121-65-60-116-106(127)89-49-47-87(95(133-70-78-33-16-6-17-34-78)97(89)135-72-80-37-20-8-21-38-80)103(124)113-57-62-120(64-59-115-105(126)91-51-52-92(108(129)119-84)100(138-75-83-43-26-11-27-44-83)99(91)137-74-82-41-24-10-25-42-82)63-58-114-104(125)88-48-50-90(107(128)117-61-66-121)98(136-73-81-39-22-9-23-40-81)96(88)134-71-79-35-18-7-19-36-79/h4-27,29-52,84H,28,53-75H2,1-3H3,(H,111,122)(H,112,123)(H,113,124)(H,114,125)(H,115,126)(H,116,127)(H,117,128)(H,118,130)(H,119,129)/t84-/m0/s1. The maximum absolute atomic E-state index is 16.3. The van der Waals surface area contributed by atoms with Crippen LogP contribution >= 0.6 is 0 Å². The predicted molar refractivity (Wildman–Crippen MR) is 526 cm³/mol. The summed E-state index contributed by atoms with van der Waals surface area (Å²) in [5, 5.41) is 27.6. The van der Waals surface area contributed by atoms with Crippen LogP contribution in [0.2, 0.25) is 0 Å². The number of carbonyl (C=O) groups is 9. The van der Waals surface area contributed by atoms with E-state index >= 15 is 33.6 Å². The van der Waals surface area contributed by atoms with E-state index in [2.05, 4.69) is 47.9 Å². The van der Waals surface area contributed by atoms with Crippen molar-refractivity contribution in [3.05, 3.63) is 380 Å². The predicted octanol–water partition coefficient (Wildman–Crippen LogP) is 14.6. The van der Waals surface area contributed by atoms with Crippen LogP contribution < -0.4 is 85.7 Å². The quantitative estimate of drug-likeness (QED) is 0.0173. The third-order valence-corrected chi connectivity index (χ3v) is 22.7. The molecular formula is C110H115N11O18. The maximum Gasteiger partial charge on any atom is 0.407 e. The fraction of sp³-hybridized carbons (Fsp3) is 0.264. The summed E-state index contributed by atoms with van der Waals surface area (Å²) in [6.07, 6.45) is -0.339. The van der Waals surface area contributed by atoms with E-state index in [4.69, 9.17) is 42.6 Å². The summed E-state index contributed by atoms with van der Waals surface area (Å²) in [5.74, 6) is -5.29. The normalized spacial score (nSPS) is 15.1. The van der Waals surface area contributed by atoms with Crippen molar-refractivity contribution in [1.29, 1.82) is 0 Å². The summed E-state index contributed by atoms with van der Waals surface area (Å²) in [6.45, 7) is 4.87. The molecule has 29 nitrogen and oxygen atoms in total. The van der Waals surface area contributed by atoms with Crippen molar-refractivity contribution < 1.29 is 85.8 Å². The second-order valence-electron chi connectivity index (χ2n) is 34.1.